The van der Waals surface area contributed by atoms with Crippen molar-refractivity contribution in [2.45, 2.75) is 78.3 Å². The molecule has 1 aromatic heterocycles. The van der Waals surface area contributed by atoms with E-state index in [2.05, 4.69) is 42.8 Å². The first-order valence-corrected chi connectivity index (χ1v) is 12.4. The van der Waals surface area contributed by atoms with Crippen LogP contribution in [0.5, 0.6) is 0 Å². The molecule has 0 saturated heterocycles. The number of nitrogens with zero attached hydrogens (tertiary/aromatic N) is 1. The number of carbonyl (C=O) groups excluding carboxylic acids is 2. The van der Waals surface area contributed by atoms with Crippen LogP contribution >= 0.6 is 0 Å². The molecule has 1 heterocycles. The van der Waals surface area contributed by atoms with Crippen LogP contribution in [0.15, 0.2) is 24.3 Å². The van der Waals surface area contributed by atoms with Gasteiger partial charge in [0.1, 0.15) is 0 Å². The molecule has 1 N–H and O–H groups in total. The predicted octanol–water partition coefficient (Wildman–Crippen LogP) is 5.86. The van der Waals surface area contributed by atoms with Gasteiger partial charge in [-0.1, -0.05) is 20.3 Å². The average molecular weight is 431 g/mol. The first-order chi connectivity index (χ1) is 15.5. The number of ketones is 2. The van der Waals surface area contributed by atoms with Crippen LogP contribution in [0.1, 0.15) is 84.7 Å². The summed E-state index contributed by atoms with van der Waals surface area (Å²) < 4.78 is 2.41. The normalized spacial score (nSPS) is 17.3. The highest BCUT2D eigenvalue weighted by molar-refractivity contribution is 6.18. The lowest BCUT2D eigenvalue weighted by atomic mass is 9.98. The number of carbonyl (C=O) groups is 2. The topological polar surface area (TPSA) is 51.1 Å². The molecule has 32 heavy (non-hydrogen) atoms. The lowest BCUT2D eigenvalue weighted by Gasteiger charge is -2.17. The van der Waals surface area contributed by atoms with E-state index in [1.807, 2.05) is 12.1 Å². The SMILES string of the molecule is CCC(C)CCC(C)NCCn1c2ccc3c(c2c2c4c(ccc21)C(=O)CC4)CCC3=O. The number of rotatable bonds is 8. The fourth-order valence-corrected chi connectivity index (χ4v) is 5.70. The minimum atomic E-state index is 0.253. The molecule has 0 fully saturated rings. The Kier molecular flexibility index (Phi) is 5.66. The predicted molar refractivity (Wildman–Crippen MR) is 131 cm³/mol. The fraction of sp³-hybridized carbons (Fsp3) is 0.500. The Bertz CT molecular complexity index is 1140. The van der Waals surface area contributed by atoms with Crippen LogP contribution in [0.25, 0.3) is 21.8 Å². The minimum absolute atomic E-state index is 0.253. The highest BCUT2D eigenvalue weighted by Gasteiger charge is 2.29. The van der Waals surface area contributed by atoms with Gasteiger partial charge in [0.2, 0.25) is 0 Å². The molecule has 2 atom stereocenters. The van der Waals surface area contributed by atoms with Crippen LogP contribution in [0.2, 0.25) is 0 Å². The number of Topliss-reactive ketones (excluding diaryl/α,β-unsaturated/α-hetero) is 2. The quantitative estimate of drug-likeness (QED) is 0.487. The van der Waals surface area contributed by atoms with Crippen LogP contribution in [0.3, 0.4) is 0 Å². The smallest absolute Gasteiger partial charge is 0.163 e. The van der Waals surface area contributed by atoms with Crippen molar-refractivity contribution in [2.24, 2.45) is 5.92 Å². The van der Waals surface area contributed by atoms with E-state index < -0.39 is 0 Å². The monoisotopic (exact) mass is 430 g/mol. The molecule has 0 bridgehead atoms. The Hall–Kier alpha value is -2.46. The van der Waals surface area contributed by atoms with Crippen LogP contribution in [-0.4, -0.2) is 28.7 Å². The maximum absolute atomic E-state index is 12.4. The molecular weight excluding hydrogens is 396 g/mol. The summed E-state index contributed by atoms with van der Waals surface area (Å²) in [6.45, 7) is 8.67. The molecule has 0 radical (unpaired) electrons. The fourth-order valence-electron chi connectivity index (χ4n) is 5.70. The molecule has 0 saturated carbocycles. The molecule has 168 valence electrons. The van der Waals surface area contributed by atoms with Gasteiger partial charge in [-0.25, -0.2) is 0 Å². The van der Waals surface area contributed by atoms with E-state index in [1.165, 1.54) is 52.2 Å². The summed E-state index contributed by atoms with van der Waals surface area (Å²) in [5.41, 5.74) is 6.56. The average Bonchev–Trinajstić information content (AvgIpc) is 3.46. The Morgan fingerprint density at radius 2 is 1.41 bits per heavy atom. The Morgan fingerprint density at radius 3 is 1.94 bits per heavy atom. The third kappa shape index (κ3) is 3.49. The minimum Gasteiger partial charge on any atom is -0.339 e. The molecule has 2 aliphatic rings. The van der Waals surface area contributed by atoms with Gasteiger partial charge in [0.15, 0.2) is 11.6 Å². The summed E-state index contributed by atoms with van der Waals surface area (Å²) in [5, 5.41) is 6.16. The van der Waals surface area contributed by atoms with E-state index in [1.54, 1.807) is 0 Å². The molecule has 0 aliphatic heterocycles. The third-order valence-electron chi connectivity index (χ3n) is 7.84. The van der Waals surface area contributed by atoms with Crippen molar-refractivity contribution in [1.82, 2.24) is 9.88 Å². The van der Waals surface area contributed by atoms with E-state index in [9.17, 15) is 9.59 Å². The van der Waals surface area contributed by atoms with Crippen molar-refractivity contribution >= 4 is 33.4 Å². The second kappa shape index (κ2) is 8.47. The molecule has 3 aromatic rings. The number of fused-ring (bicyclic) bond motifs is 7. The lowest BCUT2D eigenvalue weighted by Crippen LogP contribution is -2.29. The van der Waals surface area contributed by atoms with Crippen molar-refractivity contribution in [3.8, 4) is 0 Å². The molecule has 0 spiro atoms. The van der Waals surface area contributed by atoms with Crippen molar-refractivity contribution in [2.75, 3.05) is 6.54 Å². The van der Waals surface area contributed by atoms with Crippen molar-refractivity contribution in [3.63, 3.8) is 0 Å². The number of aryl methyl sites for hydroxylation is 2. The van der Waals surface area contributed by atoms with E-state index in [0.717, 1.165) is 43.0 Å². The number of hydrogen-bond acceptors (Lipinski definition) is 3. The zero-order chi connectivity index (χ0) is 22.4. The molecule has 5 rings (SSSR count). The summed E-state index contributed by atoms with van der Waals surface area (Å²) in [5.74, 6) is 1.29. The molecular formula is C28H34N2O2. The standard InChI is InChI=1S/C28H34N2O2/c1-4-17(2)5-6-18(3)29-15-16-30-23-11-7-19-21(9-13-25(19)31)27(23)28-22-10-14-26(32)20(22)8-12-24(28)30/h7-8,11-12,17-18,29H,4-6,9-10,13-16H2,1-3H3. The molecule has 0 amide bonds. The van der Waals surface area contributed by atoms with Gasteiger partial charge in [-0.2, -0.15) is 0 Å². The zero-order valence-electron chi connectivity index (χ0n) is 19.6. The van der Waals surface area contributed by atoms with Gasteiger partial charge >= 0.3 is 0 Å². The van der Waals surface area contributed by atoms with E-state index in [0.29, 0.717) is 18.9 Å². The number of nitrogens with one attached hydrogen (secondary N) is 1. The summed E-state index contributed by atoms with van der Waals surface area (Å²) >= 11 is 0. The van der Waals surface area contributed by atoms with Crippen molar-refractivity contribution in [1.29, 1.82) is 0 Å². The van der Waals surface area contributed by atoms with Crippen molar-refractivity contribution < 1.29 is 9.59 Å². The number of aromatic nitrogens is 1. The Morgan fingerprint density at radius 1 is 0.844 bits per heavy atom. The van der Waals surface area contributed by atoms with E-state index in [-0.39, 0.29) is 11.6 Å². The summed E-state index contributed by atoms with van der Waals surface area (Å²) in [6, 6.07) is 8.81. The molecule has 2 aromatic carbocycles. The van der Waals surface area contributed by atoms with Crippen LogP contribution in [0.4, 0.5) is 0 Å². The largest absolute Gasteiger partial charge is 0.339 e. The molecule has 2 unspecified atom stereocenters. The first-order valence-electron chi connectivity index (χ1n) is 12.4. The van der Waals surface area contributed by atoms with Gasteiger partial charge in [0.25, 0.3) is 0 Å². The molecule has 4 heteroatoms. The highest BCUT2D eigenvalue weighted by atomic mass is 16.1. The van der Waals surface area contributed by atoms with Gasteiger partial charge in [0.05, 0.1) is 0 Å². The van der Waals surface area contributed by atoms with E-state index in [4.69, 9.17) is 0 Å². The van der Waals surface area contributed by atoms with Gasteiger partial charge in [-0.05, 0) is 73.9 Å². The summed E-state index contributed by atoms with van der Waals surface area (Å²) in [6.07, 6.45) is 6.54. The van der Waals surface area contributed by atoms with Crippen LogP contribution in [-0.2, 0) is 19.4 Å². The van der Waals surface area contributed by atoms with Gasteiger partial charge in [0, 0.05) is 64.9 Å². The van der Waals surface area contributed by atoms with E-state index >= 15 is 0 Å². The Balaban J connectivity index is 1.52. The van der Waals surface area contributed by atoms with Gasteiger partial charge in [-0.15, -0.1) is 0 Å². The van der Waals surface area contributed by atoms with Gasteiger partial charge < -0.3 is 9.88 Å². The van der Waals surface area contributed by atoms with Crippen LogP contribution < -0.4 is 5.32 Å². The highest BCUT2D eigenvalue weighted by Crippen LogP contribution is 2.41. The van der Waals surface area contributed by atoms with Crippen molar-refractivity contribution in [3.05, 3.63) is 46.5 Å². The summed E-state index contributed by atoms with van der Waals surface area (Å²) in [4.78, 5) is 24.9. The molecule has 2 aliphatic carbocycles. The maximum Gasteiger partial charge on any atom is 0.163 e. The molecule has 4 nitrogen and oxygen atoms in total. The first kappa shape index (κ1) is 21.4. The van der Waals surface area contributed by atoms with Crippen LogP contribution in [0, 0.1) is 5.92 Å². The lowest BCUT2D eigenvalue weighted by molar-refractivity contribution is 0.0986. The second-order valence-electron chi connectivity index (χ2n) is 9.92. The second-order valence-corrected chi connectivity index (χ2v) is 9.92. The van der Waals surface area contributed by atoms with Gasteiger partial charge in [-0.3, -0.25) is 9.59 Å². The maximum atomic E-state index is 12.4. The third-order valence-corrected chi connectivity index (χ3v) is 7.84. The zero-order valence-corrected chi connectivity index (χ0v) is 19.6. The number of hydrogen-bond donors (Lipinski definition) is 1. The Labute approximate surface area is 190 Å². The summed E-state index contributed by atoms with van der Waals surface area (Å²) in [7, 11) is 0. The number of benzene rings is 2.